The van der Waals surface area contributed by atoms with Gasteiger partial charge < -0.3 is 16.0 Å². The number of rotatable bonds is 6. The van der Waals surface area contributed by atoms with Crippen molar-refractivity contribution in [3.63, 3.8) is 0 Å². The van der Waals surface area contributed by atoms with Crippen LogP contribution in [0, 0.1) is 10.1 Å². The van der Waals surface area contributed by atoms with Crippen molar-refractivity contribution in [3.8, 4) is 0 Å². The summed E-state index contributed by atoms with van der Waals surface area (Å²) in [6.07, 6.45) is 3.28. The molecule has 1 unspecified atom stereocenters. The summed E-state index contributed by atoms with van der Waals surface area (Å²) < 4.78 is 0. The lowest BCUT2D eigenvalue weighted by Crippen LogP contribution is -2.50. The molecule has 1 atom stereocenters. The third-order valence-corrected chi connectivity index (χ3v) is 3.83. The van der Waals surface area contributed by atoms with Crippen LogP contribution in [0.2, 0.25) is 0 Å². The minimum Gasteiger partial charge on any atom is -0.341 e. The van der Waals surface area contributed by atoms with Crippen LogP contribution in [0.4, 0.5) is 5.69 Å². The smallest absolute Gasteiger partial charge is 0.269 e. The summed E-state index contributed by atoms with van der Waals surface area (Å²) in [7, 11) is 0. The molecule has 0 spiro atoms. The first-order chi connectivity index (χ1) is 10.6. The molecule has 0 aromatic heterocycles. The van der Waals surface area contributed by atoms with E-state index in [0.29, 0.717) is 13.1 Å². The highest BCUT2D eigenvalue weighted by Gasteiger charge is 2.22. The molecular weight excluding hydrogens is 284 g/mol. The molecule has 3 N–H and O–H groups in total. The fraction of sp³-hybridized carbons (Fsp3) is 0.533. The predicted molar refractivity (Wildman–Crippen MR) is 83.2 cm³/mol. The number of likely N-dealkylation sites (tertiary alicyclic amines) is 1. The maximum Gasteiger partial charge on any atom is 0.269 e. The first-order valence-electron chi connectivity index (χ1n) is 7.56. The summed E-state index contributed by atoms with van der Waals surface area (Å²) in [5.41, 5.74) is 6.92. The number of nitrogens with two attached hydrogens (primary N) is 1. The van der Waals surface area contributed by atoms with Crippen LogP contribution in [0.15, 0.2) is 24.3 Å². The Bertz CT molecular complexity index is 512. The number of hydrogen-bond donors (Lipinski definition) is 2. The number of piperidine rings is 1. The number of nitrogens with one attached hydrogen (secondary N) is 1. The van der Waals surface area contributed by atoms with E-state index in [2.05, 4.69) is 5.32 Å². The second kappa shape index (κ2) is 7.86. The Hall–Kier alpha value is -1.99. The summed E-state index contributed by atoms with van der Waals surface area (Å²) in [5.74, 6) is -0.00380. The molecule has 1 heterocycles. The van der Waals surface area contributed by atoms with Gasteiger partial charge in [0.2, 0.25) is 5.91 Å². The zero-order chi connectivity index (χ0) is 15.9. The minimum absolute atomic E-state index is 0.00380. The van der Waals surface area contributed by atoms with E-state index in [1.165, 1.54) is 18.6 Å². The van der Waals surface area contributed by atoms with Crippen LogP contribution in [0.25, 0.3) is 0 Å². The summed E-state index contributed by atoms with van der Waals surface area (Å²) in [6.45, 7) is 2.52. The van der Waals surface area contributed by atoms with Gasteiger partial charge in [-0.05, 0) is 24.8 Å². The Labute approximate surface area is 129 Å². The molecule has 1 aliphatic rings. The van der Waals surface area contributed by atoms with Gasteiger partial charge in [0.15, 0.2) is 0 Å². The molecule has 1 saturated heterocycles. The second-order valence-electron chi connectivity index (χ2n) is 5.55. The molecule has 7 nitrogen and oxygen atoms in total. The average Bonchev–Trinajstić information content (AvgIpc) is 2.55. The van der Waals surface area contributed by atoms with E-state index in [-0.39, 0.29) is 11.6 Å². The van der Waals surface area contributed by atoms with Gasteiger partial charge in [-0.25, -0.2) is 0 Å². The van der Waals surface area contributed by atoms with E-state index < -0.39 is 11.0 Å². The zero-order valence-corrected chi connectivity index (χ0v) is 12.5. The van der Waals surface area contributed by atoms with Gasteiger partial charge in [-0.3, -0.25) is 14.9 Å². The summed E-state index contributed by atoms with van der Waals surface area (Å²) >= 11 is 0. The lowest BCUT2D eigenvalue weighted by atomic mass is 10.1. The SMILES string of the molecule is NC(CNCc1ccc([N+](=O)[O-])cc1)C(=O)N1CCCCC1. The van der Waals surface area contributed by atoms with Crippen molar-refractivity contribution >= 4 is 11.6 Å². The Morgan fingerprint density at radius 3 is 2.50 bits per heavy atom. The Balaban J connectivity index is 1.75. The third kappa shape index (κ3) is 4.51. The maximum atomic E-state index is 12.1. The molecule has 1 aromatic rings. The summed E-state index contributed by atoms with van der Waals surface area (Å²) in [6, 6.07) is 5.79. The third-order valence-electron chi connectivity index (χ3n) is 3.83. The van der Waals surface area contributed by atoms with Gasteiger partial charge in [-0.1, -0.05) is 12.1 Å². The predicted octanol–water partition coefficient (Wildman–Crippen LogP) is 1.02. The molecule has 120 valence electrons. The number of carbonyl (C=O) groups is 1. The van der Waals surface area contributed by atoms with Gasteiger partial charge in [-0.2, -0.15) is 0 Å². The molecule has 1 aromatic carbocycles. The molecule has 1 fully saturated rings. The van der Waals surface area contributed by atoms with E-state index in [1.54, 1.807) is 12.1 Å². The number of hydrogen-bond acceptors (Lipinski definition) is 5. The molecular formula is C15H22N4O3. The van der Waals surface area contributed by atoms with Crippen LogP contribution in [0.5, 0.6) is 0 Å². The average molecular weight is 306 g/mol. The number of non-ortho nitro benzene ring substituents is 1. The number of nitrogens with zero attached hydrogens (tertiary/aromatic N) is 2. The number of amides is 1. The number of nitro benzene ring substituents is 1. The first kappa shape index (κ1) is 16.4. The highest BCUT2D eigenvalue weighted by atomic mass is 16.6. The van der Waals surface area contributed by atoms with Crippen molar-refractivity contribution in [2.75, 3.05) is 19.6 Å². The zero-order valence-electron chi connectivity index (χ0n) is 12.5. The molecule has 0 aliphatic carbocycles. The van der Waals surface area contributed by atoms with Gasteiger partial charge in [0, 0.05) is 38.3 Å². The molecule has 0 bridgehead atoms. The minimum atomic E-state index is -0.545. The van der Waals surface area contributed by atoms with Crippen molar-refractivity contribution in [1.82, 2.24) is 10.2 Å². The monoisotopic (exact) mass is 306 g/mol. The molecule has 22 heavy (non-hydrogen) atoms. The molecule has 7 heteroatoms. The Morgan fingerprint density at radius 2 is 1.91 bits per heavy atom. The lowest BCUT2D eigenvalue weighted by Gasteiger charge is -2.29. The number of carbonyl (C=O) groups excluding carboxylic acids is 1. The normalized spacial score (nSPS) is 16.3. The van der Waals surface area contributed by atoms with Crippen molar-refractivity contribution < 1.29 is 9.72 Å². The molecule has 1 aliphatic heterocycles. The molecule has 0 saturated carbocycles. The maximum absolute atomic E-state index is 12.1. The summed E-state index contributed by atoms with van der Waals surface area (Å²) in [5, 5.41) is 13.7. The van der Waals surface area contributed by atoms with Crippen LogP contribution in [0.1, 0.15) is 24.8 Å². The van der Waals surface area contributed by atoms with Gasteiger partial charge in [0.05, 0.1) is 11.0 Å². The van der Waals surface area contributed by atoms with Crippen molar-refractivity contribution in [3.05, 3.63) is 39.9 Å². The molecule has 2 rings (SSSR count). The van der Waals surface area contributed by atoms with Crippen LogP contribution < -0.4 is 11.1 Å². The Morgan fingerprint density at radius 1 is 1.27 bits per heavy atom. The van der Waals surface area contributed by atoms with Gasteiger partial charge >= 0.3 is 0 Å². The molecule has 0 radical (unpaired) electrons. The second-order valence-corrected chi connectivity index (χ2v) is 5.55. The fourth-order valence-corrected chi connectivity index (χ4v) is 2.54. The van der Waals surface area contributed by atoms with E-state index in [1.807, 2.05) is 4.90 Å². The van der Waals surface area contributed by atoms with Crippen LogP contribution in [-0.2, 0) is 11.3 Å². The van der Waals surface area contributed by atoms with E-state index in [4.69, 9.17) is 5.73 Å². The van der Waals surface area contributed by atoms with Crippen LogP contribution >= 0.6 is 0 Å². The Kier molecular flexibility index (Phi) is 5.85. The number of benzene rings is 1. The van der Waals surface area contributed by atoms with Crippen LogP contribution in [-0.4, -0.2) is 41.4 Å². The lowest BCUT2D eigenvalue weighted by molar-refractivity contribution is -0.384. The van der Waals surface area contributed by atoms with E-state index >= 15 is 0 Å². The quantitative estimate of drug-likeness (QED) is 0.603. The standard InChI is InChI=1S/C15H22N4O3/c16-14(15(20)18-8-2-1-3-9-18)11-17-10-12-4-6-13(7-5-12)19(21)22/h4-7,14,17H,1-3,8-11,16H2. The van der Waals surface area contributed by atoms with E-state index in [0.717, 1.165) is 31.5 Å². The first-order valence-corrected chi connectivity index (χ1v) is 7.56. The van der Waals surface area contributed by atoms with Gasteiger partial charge in [0.1, 0.15) is 0 Å². The fourth-order valence-electron chi connectivity index (χ4n) is 2.54. The molecule has 1 amide bonds. The summed E-state index contributed by atoms with van der Waals surface area (Å²) in [4.78, 5) is 24.1. The highest BCUT2D eigenvalue weighted by Crippen LogP contribution is 2.12. The van der Waals surface area contributed by atoms with Crippen LogP contribution in [0.3, 0.4) is 0 Å². The number of nitro groups is 1. The van der Waals surface area contributed by atoms with Crippen molar-refractivity contribution in [2.24, 2.45) is 5.73 Å². The topological polar surface area (TPSA) is 101 Å². The van der Waals surface area contributed by atoms with Gasteiger partial charge in [-0.15, -0.1) is 0 Å². The van der Waals surface area contributed by atoms with Crippen molar-refractivity contribution in [2.45, 2.75) is 31.8 Å². The van der Waals surface area contributed by atoms with Gasteiger partial charge in [0.25, 0.3) is 5.69 Å². The van der Waals surface area contributed by atoms with Crippen molar-refractivity contribution in [1.29, 1.82) is 0 Å². The highest BCUT2D eigenvalue weighted by molar-refractivity contribution is 5.82. The largest absolute Gasteiger partial charge is 0.341 e. The van der Waals surface area contributed by atoms with E-state index in [9.17, 15) is 14.9 Å².